The van der Waals surface area contributed by atoms with Crippen LogP contribution in [0.15, 0.2) is 36.8 Å². The Morgan fingerprint density at radius 2 is 0.904 bits per heavy atom. The molecular formula is C85H139N27O22S2. The number of amides is 18. The smallest absolute Gasteiger partial charge is 0.326 e. The van der Waals surface area contributed by atoms with E-state index in [1.54, 1.807) is 61.6 Å². The first kappa shape index (κ1) is 116. The third kappa shape index (κ3) is 39.3. The van der Waals surface area contributed by atoms with Gasteiger partial charge in [0.2, 0.25) is 106 Å². The Balaban J connectivity index is 1.52. The fourth-order valence-electron chi connectivity index (χ4n) is 14.7. The molecule has 2 aromatic rings. The summed E-state index contributed by atoms with van der Waals surface area (Å²) in [5.74, 6) is -20.3. The fourth-order valence-corrected chi connectivity index (χ4v) is 15.4. The average Bonchev–Trinajstić information content (AvgIpc) is 1.67. The van der Waals surface area contributed by atoms with Crippen LogP contribution in [0.1, 0.15) is 170 Å². The summed E-state index contributed by atoms with van der Waals surface area (Å²) in [5, 5.41) is 86.4. The van der Waals surface area contributed by atoms with Crippen LogP contribution in [-0.2, 0) is 104 Å². The molecule has 0 bridgehead atoms. The second-order valence-corrected chi connectivity index (χ2v) is 36.4. The summed E-state index contributed by atoms with van der Waals surface area (Å²) in [5.41, 5.74) is 28.1. The third-order valence-corrected chi connectivity index (χ3v) is 23.1. The van der Waals surface area contributed by atoms with E-state index in [2.05, 4.69) is 108 Å². The second kappa shape index (κ2) is 57.9. The number of benzene rings is 1. The summed E-state index contributed by atoms with van der Waals surface area (Å²) in [6.45, 7) is 15.0. The molecule has 758 valence electrons. The number of carboxylic acids is 1. The first-order chi connectivity index (χ1) is 64.0. The molecule has 0 spiro atoms. The van der Waals surface area contributed by atoms with Crippen LogP contribution in [0.2, 0.25) is 0 Å². The Morgan fingerprint density at radius 1 is 0.485 bits per heavy atom. The number of primary amides is 2. The van der Waals surface area contributed by atoms with E-state index in [9.17, 15) is 102 Å². The first-order valence-electron chi connectivity index (χ1n) is 45.0. The molecule has 18 amide bonds. The Labute approximate surface area is 798 Å². The van der Waals surface area contributed by atoms with Crippen LogP contribution in [0, 0.1) is 34.5 Å². The van der Waals surface area contributed by atoms with Crippen molar-refractivity contribution < 1.29 is 106 Å². The molecule has 2 fully saturated rings. The number of carboxylic acid groups (broad SMARTS) is 1. The molecule has 2 saturated heterocycles. The number of aromatic hydroxyl groups is 1. The number of likely N-dealkylation sites (tertiary alicyclic amines) is 2. The van der Waals surface area contributed by atoms with Gasteiger partial charge in [0.1, 0.15) is 102 Å². The van der Waals surface area contributed by atoms with Crippen LogP contribution in [0.25, 0.3) is 0 Å². The molecule has 49 nitrogen and oxygen atoms in total. The van der Waals surface area contributed by atoms with Crippen molar-refractivity contribution in [3.05, 3.63) is 48.0 Å². The summed E-state index contributed by atoms with van der Waals surface area (Å²) < 4.78 is 0. The highest BCUT2D eigenvalue weighted by molar-refractivity contribution is 7.98. The van der Waals surface area contributed by atoms with Gasteiger partial charge in [-0.2, -0.15) is 24.4 Å². The highest BCUT2D eigenvalue weighted by Gasteiger charge is 2.45. The molecule has 1 aromatic heterocycles. The van der Waals surface area contributed by atoms with Gasteiger partial charge in [0.05, 0.1) is 31.1 Å². The number of thiol groups is 1. The van der Waals surface area contributed by atoms with Crippen molar-refractivity contribution in [2.24, 2.45) is 52.3 Å². The highest BCUT2D eigenvalue weighted by Crippen LogP contribution is 2.25. The number of aromatic amines is 1. The Kier molecular flexibility index (Phi) is 49.2. The predicted octanol–water partition coefficient (Wildman–Crippen LogP) is -7.13. The van der Waals surface area contributed by atoms with Gasteiger partial charge in [0, 0.05) is 57.4 Å². The van der Waals surface area contributed by atoms with Crippen molar-refractivity contribution in [2.45, 2.75) is 275 Å². The number of nitrogens with two attached hydrogens (primary N) is 5. The number of phenols is 1. The highest BCUT2D eigenvalue weighted by atomic mass is 32.2. The first-order valence-corrected chi connectivity index (χ1v) is 47.1. The third-order valence-electron chi connectivity index (χ3n) is 22.1. The Hall–Kier alpha value is -12.7. The van der Waals surface area contributed by atoms with Crippen molar-refractivity contribution in [3.8, 4) is 5.75 Å². The molecule has 4 rings (SSSR count). The number of rotatable bonds is 59. The minimum absolute atomic E-state index is 0.00909. The number of aliphatic hydroxyl groups is 1. The standard InChI is InChI=1S/C85H139N27O22S2/c1-41(2)32-55(103-70(120)51(16-12-27-94-84(89)90)100-79(129)65(43(5)6)109-69(119)50(86)36-64(88)116)72(122)97-46(10)68(118)106-58(34-47-20-22-49(114)23-21-47)82(132)112-30-15-19-62(112)78(128)110-66(44(7)8)80(130)105-57(35-48-37-93-40-96-48)73(123)98-45(9)67(117)99-52(24-25-63(87)115)71(121)101-53(26-31-136-11)81(131)111-29-14-18-61(111)77(127)107-59(38-113)75(125)104-56(33-42(3)4)74(124)108-60(39-135)76(126)102-54(83(133)134)17-13-28-95-85(91)92/h20-23,37,40-46,50-62,65-66,113-114,135H,12-19,24-36,38-39,86H2,1-11H3,(H2,87,115)(H2,88,116)(H,93,96)(H,97,122)(H,98,123)(H,99,117)(H,100,129)(H,101,121)(H,102,126)(H,103,120)(H,104,125)(H,105,130)(H,106,118)(H,107,127)(H,108,124)(H,109,119)(H,110,128)(H,133,134)(H4,89,90,94)(H4,91,92,95)/t45-,46-,50-,51-,52-,53-,54-,55-,56-,57-,58-,59-,60-,61-,62-,65-,66-/m0/s1. The number of hydrogen-bond donors (Lipinski definition) is 28. The van der Waals surface area contributed by atoms with Crippen molar-refractivity contribution in [3.63, 3.8) is 0 Å². The lowest BCUT2D eigenvalue weighted by Gasteiger charge is -2.31. The number of aliphatic carboxylic acids is 1. The summed E-state index contributed by atoms with van der Waals surface area (Å²) >= 11 is 5.46. The molecule has 3 heterocycles. The molecule has 32 N–H and O–H groups in total. The monoisotopic (exact) mass is 1950 g/mol. The number of phenolic OH excluding ortho intramolecular Hbond substituents is 1. The molecule has 2 aliphatic heterocycles. The molecule has 0 unspecified atom stereocenters. The van der Waals surface area contributed by atoms with E-state index in [1.165, 1.54) is 67.3 Å². The van der Waals surface area contributed by atoms with E-state index >= 15 is 4.79 Å². The van der Waals surface area contributed by atoms with E-state index in [1.807, 2.05) is 0 Å². The molecule has 0 aliphatic carbocycles. The van der Waals surface area contributed by atoms with Gasteiger partial charge in [0.25, 0.3) is 0 Å². The van der Waals surface area contributed by atoms with Gasteiger partial charge in [-0.3, -0.25) is 97.1 Å². The maximum absolute atomic E-state index is 15.1. The maximum Gasteiger partial charge on any atom is 0.326 e. The number of carbonyl (C=O) groups is 19. The largest absolute Gasteiger partial charge is 0.508 e. The van der Waals surface area contributed by atoms with Crippen molar-refractivity contribution in [1.29, 1.82) is 10.8 Å². The second-order valence-electron chi connectivity index (χ2n) is 35.0. The van der Waals surface area contributed by atoms with Crippen molar-refractivity contribution in [2.75, 3.05) is 50.5 Å². The SMILES string of the molecule is CSCC[C@H](NC(=O)[C@H](CCC(N)=O)NC(=O)[C@H](C)NC(=O)[C@H](Cc1c[nH]cn1)NC(=O)[C@@H](NC(=O)[C@@H]1CCCN1C(=O)[C@H](Cc1ccc(O)cc1)NC(=O)[C@H](C)NC(=O)[C@H](CC(C)C)NC(=O)[C@H](CCCNC(=N)N)NC(=O)[C@@H](NC(=O)[C@@H](N)CC(N)=O)C(C)C)C(C)C)C(=O)N1CCC[C@H]1C(=O)N[C@@H](CO)C(=O)N[C@@H](CC(C)C)C(=O)N[C@@H](CS)C(=O)N[C@@H](CCCNC(=N)N)C(=O)O. The topological polar surface area (TPSA) is 790 Å². The van der Waals surface area contributed by atoms with Crippen LogP contribution in [0.4, 0.5) is 0 Å². The number of guanidine groups is 2. The Morgan fingerprint density at radius 3 is 1.37 bits per heavy atom. The van der Waals surface area contributed by atoms with Gasteiger partial charge in [-0.1, -0.05) is 67.5 Å². The number of hydrogen-bond acceptors (Lipinski definition) is 27. The van der Waals surface area contributed by atoms with Gasteiger partial charge in [-0.25, -0.2) is 9.78 Å². The number of aromatic nitrogens is 2. The number of nitrogens with zero attached hydrogens (tertiary/aromatic N) is 3. The van der Waals surface area contributed by atoms with Crippen LogP contribution in [0.3, 0.4) is 0 Å². The van der Waals surface area contributed by atoms with Gasteiger partial charge >= 0.3 is 5.97 Å². The molecular weight excluding hydrogens is 1820 g/mol. The average molecular weight is 1960 g/mol. The minimum Gasteiger partial charge on any atom is -0.508 e. The van der Waals surface area contributed by atoms with Crippen LogP contribution < -0.4 is 114 Å². The normalized spacial score (nSPS) is 16.8. The zero-order valence-electron chi connectivity index (χ0n) is 78.5. The number of imidazole rings is 1. The van der Waals surface area contributed by atoms with E-state index in [4.69, 9.17) is 39.5 Å². The number of H-pyrrole nitrogens is 1. The van der Waals surface area contributed by atoms with Crippen molar-refractivity contribution >= 4 is 149 Å². The van der Waals surface area contributed by atoms with E-state index < -0.39 is 253 Å². The van der Waals surface area contributed by atoms with Gasteiger partial charge in [0.15, 0.2) is 11.9 Å². The van der Waals surface area contributed by atoms with Gasteiger partial charge in [-0.15, -0.1) is 0 Å². The summed E-state index contributed by atoms with van der Waals surface area (Å²) in [6, 6.07) is -18.7. The van der Waals surface area contributed by atoms with Crippen molar-refractivity contribution in [1.82, 2.24) is 105 Å². The quantitative estimate of drug-likeness (QED) is 0.0127. The number of aliphatic hydroxyl groups excluding tert-OH is 1. The lowest BCUT2D eigenvalue weighted by atomic mass is 10.00. The lowest BCUT2D eigenvalue weighted by Crippen LogP contribution is -2.61. The molecule has 136 heavy (non-hydrogen) atoms. The van der Waals surface area contributed by atoms with E-state index in [0.717, 1.165) is 4.90 Å². The summed E-state index contributed by atoms with van der Waals surface area (Å²) in [7, 11) is 0. The molecule has 17 atom stereocenters. The predicted molar refractivity (Wildman–Crippen MR) is 501 cm³/mol. The lowest BCUT2D eigenvalue weighted by molar-refractivity contribution is -0.143. The molecule has 0 radical (unpaired) electrons. The Bertz CT molecular complexity index is 4460. The number of thioether (sulfide) groups is 1. The zero-order valence-corrected chi connectivity index (χ0v) is 80.2. The van der Waals surface area contributed by atoms with Crippen LogP contribution in [-0.4, -0.2) is 313 Å². The number of nitrogens with one attached hydrogen (secondary N) is 19. The van der Waals surface area contributed by atoms with Gasteiger partial charge in [-0.05, 0) is 144 Å². The molecule has 0 saturated carbocycles. The summed E-state index contributed by atoms with van der Waals surface area (Å²) in [6.07, 6.45) is 3.07. The van der Waals surface area contributed by atoms with Gasteiger partial charge < -0.3 is 144 Å². The van der Waals surface area contributed by atoms with E-state index in [0.29, 0.717) is 5.56 Å². The van der Waals surface area contributed by atoms with E-state index in [-0.39, 0.29) is 156 Å². The molecule has 1 aromatic carbocycles. The molecule has 2 aliphatic rings. The number of carbonyl (C=O) groups excluding carboxylic acids is 18. The zero-order chi connectivity index (χ0) is 102. The maximum atomic E-state index is 15.1. The fraction of sp³-hybridized carbons (Fsp3) is 0.647. The minimum atomic E-state index is -1.72. The van der Waals surface area contributed by atoms with Crippen LogP contribution >= 0.6 is 24.4 Å². The molecule has 51 heteroatoms. The van der Waals surface area contributed by atoms with Crippen LogP contribution in [0.5, 0.6) is 5.75 Å². The summed E-state index contributed by atoms with van der Waals surface area (Å²) in [4.78, 5) is 273.